The Morgan fingerprint density at radius 2 is 2.21 bits per heavy atom. The molecule has 1 aliphatic heterocycles. The standard InChI is InChI=1S/C14H20ClN3O/c1-2-10-9-17-8-7-14(10,13(16)19)18-12-5-3-11(15)4-6-12/h3-6,10,17-18H,2,7-9H2,1H3,(H2,16,19). The van der Waals surface area contributed by atoms with Crippen molar-refractivity contribution in [2.24, 2.45) is 11.7 Å². The maximum Gasteiger partial charge on any atom is 0.243 e. The predicted molar refractivity (Wildman–Crippen MR) is 78.3 cm³/mol. The quantitative estimate of drug-likeness (QED) is 0.791. The lowest BCUT2D eigenvalue weighted by molar-refractivity contribution is -0.125. The zero-order chi connectivity index (χ0) is 13.9. The molecule has 19 heavy (non-hydrogen) atoms. The molecule has 1 fully saturated rings. The van der Waals surface area contributed by atoms with E-state index in [9.17, 15) is 4.79 Å². The van der Waals surface area contributed by atoms with E-state index >= 15 is 0 Å². The van der Waals surface area contributed by atoms with Gasteiger partial charge in [-0.15, -0.1) is 0 Å². The third-order valence-corrected chi connectivity index (χ3v) is 4.18. The molecule has 0 aliphatic carbocycles. The van der Waals surface area contributed by atoms with E-state index in [1.165, 1.54) is 0 Å². The maximum atomic E-state index is 12.0. The first-order valence-corrected chi connectivity index (χ1v) is 7.00. The van der Waals surface area contributed by atoms with Crippen LogP contribution < -0.4 is 16.4 Å². The third kappa shape index (κ3) is 2.85. The smallest absolute Gasteiger partial charge is 0.243 e. The van der Waals surface area contributed by atoms with Gasteiger partial charge in [-0.1, -0.05) is 18.5 Å². The number of carbonyl (C=O) groups excluding carboxylic acids is 1. The number of nitrogens with two attached hydrogens (primary N) is 1. The number of amides is 1. The van der Waals surface area contributed by atoms with Gasteiger partial charge < -0.3 is 16.4 Å². The molecule has 1 amide bonds. The number of carbonyl (C=O) groups is 1. The minimum absolute atomic E-state index is 0.189. The van der Waals surface area contributed by atoms with Crippen LogP contribution in [0.4, 0.5) is 5.69 Å². The molecule has 0 saturated carbocycles. The Bertz CT molecular complexity index is 449. The fraction of sp³-hybridized carbons (Fsp3) is 0.500. The molecule has 1 aliphatic rings. The van der Waals surface area contributed by atoms with E-state index < -0.39 is 5.54 Å². The van der Waals surface area contributed by atoms with Crippen molar-refractivity contribution in [3.8, 4) is 0 Å². The number of piperidine rings is 1. The Morgan fingerprint density at radius 3 is 2.79 bits per heavy atom. The third-order valence-electron chi connectivity index (χ3n) is 3.93. The second kappa shape index (κ2) is 5.80. The molecule has 104 valence electrons. The van der Waals surface area contributed by atoms with Crippen molar-refractivity contribution in [1.82, 2.24) is 5.32 Å². The first kappa shape index (κ1) is 14.2. The van der Waals surface area contributed by atoms with E-state index in [1.54, 1.807) is 12.1 Å². The summed E-state index contributed by atoms with van der Waals surface area (Å²) < 4.78 is 0. The van der Waals surface area contributed by atoms with E-state index in [2.05, 4.69) is 17.6 Å². The van der Waals surface area contributed by atoms with Crippen molar-refractivity contribution >= 4 is 23.2 Å². The maximum absolute atomic E-state index is 12.0. The van der Waals surface area contributed by atoms with Crippen LogP contribution in [0.5, 0.6) is 0 Å². The van der Waals surface area contributed by atoms with Gasteiger partial charge in [0.2, 0.25) is 5.91 Å². The summed E-state index contributed by atoms with van der Waals surface area (Å²) >= 11 is 5.88. The van der Waals surface area contributed by atoms with Gasteiger partial charge >= 0.3 is 0 Å². The van der Waals surface area contributed by atoms with Crippen LogP contribution in [0.25, 0.3) is 0 Å². The Hall–Kier alpha value is -1.26. The zero-order valence-electron chi connectivity index (χ0n) is 11.1. The van der Waals surface area contributed by atoms with Crippen LogP contribution in [-0.4, -0.2) is 24.5 Å². The number of primary amides is 1. The van der Waals surface area contributed by atoms with Crippen LogP contribution in [0.2, 0.25) is 5.02 Å². The van der Waals surface area contributed by atoms with Crippen molar-refractivity contribution in [3.05, 3.63) is 29.3 Å². The largest absolute Gasteiger partial charge is 0.371 e. The molecule has 2 unspecified atom stereocenters. The van der Waals surface area contributed by atoms with E-state index in [0.717, 1.165) is 25.2 Å². The number of nitrogens with one attached hydrogen (secondary N) is 2. The molecule has 1 saturated heterocycles. The lowest BCUT2D eigenvalue weighted by atomic mass is 9.76. The lowest BCUT2D eigenvalue weighted by Gasteiger charge is -2.43. The lowest BCUT2D eigenvalue weighted by Crippen LogP contribution is -2.62. The van der Waals surface area contributed by atoms with E-state index in [4.69, 9.17) is 17.3 Å². The van der Waals surface area contributed by atoms with Gasteiger partial charge in [-0.25, -0.2) is 0 Å². The average molecular weight is 282 g/mol. The molecular formula is C14H20ClN3O. The molecule has 4 N–H and O–H groups in total. The highest BCUT2D eigenvalue weighted by atomic mass is 35.5. The van der Waals surface area contributed by atoms with Crippen molar-refractivity contribution < 1.29 is 4.79 Å². The van der Waals surface area contributed by atoms with Crippen LogP contribution in [0.1, 0.15) is 19.8 Å². The fourth-order valence-corrected chi connectivity index (χ4v) is 2.90. The van der Waals surface area contributed by atoms with Gasteiger partial charge in [0.25, 0.3) is 0 Å². The molecule has 0 spiro atoms. The van der Waals surface area contributed by atoms with Gasteiger partial charge in [-0.05, 0) is 43.7 Å². The Kier molecular flexibility index (Phi) is 4.32. The molecule has 2 rings (SSSR count). The number of hydrogen-bond donors (Lipinski definition) is 3. The summed E-state index contributed by atoms with van der Waals surface area (Å²) in [7, 11) is 0. The summed E-state index contributed by atoms with van der Waals surface area (Å²) in [4.78, 5) is 12.0. The molecule has 4 nitrogen and oxygen atoms in total. The number of hydrogen-bond acceptors (Lipinski definition) is 3. The van der Waals surface area contributed by atoms with Crippen molar-refractivity contribution in [2.75, 3.05) is 18.4 Å². The Balaban J connectivity index is 2.28. The van der Waals surface area contributed by atoms with Crippen LogP contribution in [0, 0.1) is 5.92 Å². The molecular weight excluding hydrogens is 262 g/mol. The molecule has 5 heteroatoms. The van der Waals surface area contributed by atoms with Crippen LogP contribution >= 0.6 is 11.6 Å². The highest BCUT2D eigenvalue weighted by Gasteiger charge is 2.44. The van der Waals surface area contributed by atoms with Gasteiger partial charge in [-0.2, -0.15) is 0 Å². The first-order valence-electron chi connectivity index (χ1n) is 6.63. The highest BCUT2D eigenvalue weighted by molar-refractivity contribution is 6.30. The molecule has 0 aromatic heterocycles. The molecule has 2 atom stereocenters. The summed E-state index contributed by atoms with van der Waals surface area (Å²) in [5.74, 6) is -0.0924. The van der Waals surface area contributed by atoms with Gasteiger partial charge in [0, 0.05) is 23.2 Å². The summed E-state index contributed by atoms with van der Waals surface area (Å²) in [6.45, 7) is 3.68. The zero-order valence-corrected chi connectivity index (χ0v) is 11.8. The fourth-order valence-electron chi connectivity index (χ4n) is 2.77. The Morgan fingerprint density at radius 1 is 1.53 bits per heavy atom. The summed E-state index contributed by atoms with van der Waals surface area (Å²) in [6, 6.07) is 7.37. The molecule has 1 heterocycles. The first-order chi connectivity index (χ1) is 9.08. The van der Waals surface area contributed by atoms with Crippen molar-refractivity contribution in [3.63, 3.8) is 0 Å². The van der Waals surface area contributed by atoms with Crippen molar-refractivity contribution in [1.29, 1.82) is 0 Å². The number of benzene rings is 1. The average Bonchev–Trinajstić information content (AvgIpc) is 2.41. The monoisotopic (exact) mass is 281 g/mol. The van der Waals surface area contributed by atoms with E-state index in [1.807, 2.05) is 12.1 Å². The summed E-state index contributed by atoms with van der Waals surface area (Å²) in [5, 5.41) is 7.35. The topological polar surface area (TPSA) is 67.2 Å². The van der Waals surface area contributed by atoms with Gasteiger partial charge in [-0.3, -0.25) is 4.79 Å². The number of halogens is 1. The van der Waals surface area contributed by atoms with E-state index in [0.29, 0.717) is 11.4 Å². The van der Waals surface area contributed by atoms with Crippen LogP contribution in [0.15, 0.2) is 24.3 Å². The molecule has 1 aromatic rings. The number of rotatable bonds is 4. The second-order valence-corrected chi connectivity index (χ2v) is 5.46. The summed E-state index contributed by atoms with van der Waals surface area (Å²) in [6.07, 6.45) is 1.60. The molecule has 0 bridgehead atoms. The van der Waals surface area contributed by atoms with Crippen molar-refractivity contribution in [2.45, 2.75) is 25.3 Å². The Labute approximate surface area is 118 Å². The predicted octanol–water partition coefficient (Wildman–Crippen LogP) is 2.00. The number of anilines is 1. The van der Waals surface area contributed by atoms with Crippen LogP contribution in [0.3, 0.4) is 0 Å². The minimum atomic E-state index is -0.673. The summed E-state index contributed by atoms with van der Waals surface area (Å²) in [5.41, 5.74) is 5.90. The highest BCUT2D eigenvalue weighted by Crippen LogP contribution is 2.31. The normalized spacial score (nSPS) is 26.9. The second-order valence-electron chi connectivity index (χ2n) is 5.03. The van der Waals surface area contributed by atoms with E-state index in [-0.39, 0.29) is 11.8 Å². The SMILES string of the molecule is CCC1CNCCC1(Nc1ccc(Cl)cc1)C(N)=O. The van der Waals surface area contributed by atoms with Crippen LogP contribution in [-0.2, 0) is 4.79 Å². The minimum Gasteiger partial charge on any atom is -0.371 e. The molecule has 0 radical (unpaired) electrons. The van der Waals surface area contributed by atoms with Gasteiger partial charge in [0.1, 0.15) is 5.54 Å². The molecule has 1 aromatic carbocycles. The van der Waals surface area contributed by atoms with Gasteiger partial charge in [0.15, 0.2) is 0 Å². The van der Waals surface area contributed by atoms with Gasteiger partial charge in [0.05, 0.1) is 0 Å².